The first kappa shape index (κ1) is 14.7. The second-order valence-corrected chi connectivity index (χ2v) is 6.33. The highest BCUT2D eigenvalue weighted by Crippen LogP contribution is 2.47. The van der Waals surface area contributed by atoms with Crippen molar-refractivity contribution < 1.29 is 4.79 Å². The van der Waals surface area contributed by atoms with Crippen LogP contribution in [-0.4, -0.2) is 15.8 Å². The van der Waals surface area contributed by atoms with Crippen molar-refractivity contribution in [2.45, 2.75) is 5.92 Å². The maximum absolute atomic E-state index is 13.1. The zero-order valence-electron chi connectivity index (χ0n) is 13.5. The summed E-state index contributed by atoms with van der Waals surface area (Å²) in [5.41, 5.74) is 2.63. The highest BCUT2D eigenvalue weighted by Gasteiger charge is 2.41. The molecule has 1 atom stereocenters. The molecule has 6 heteroatoms. The summed E-state index contributed by atoms with van der Waals surface area (Å²) in [6.07, 6.45) is 0. The fourth-order valence-electron chi connectivity index (χ4n) is 3.83. The lowest BCUT2D eigenvalue weighted by Crippen LogP contribution is -2.33. The van der Waals surface area contributed by atoms with Gasteiger partial charge in [-0.2, -0.15) is 0 Å². The average molecular weight is 343 g/mol. The number of ketones is 1. The van der Waals surface area contributed by atoms with Gasteiger partial charge >= 0.3 is 5.69 Å². The topological polar surface area (TPSA) is 94.8 Å². The number of carbonyl (C=O) groups excluding carboxylic acids is 1. The second-order valence-electron chi connectivity index (χ2n) is 6.33. The molecule has 0 radical (unpaired) electrons. The minimum Gasteiger partial charge on any atom is -0.340 e. The SMILES string of the molecule is O=C1C2=C(Nc3[nH]c(=O)[nH]c(=O)c3[C@@H]2c2ccccc2)c2ccccc21. The molecule has 0 saturated carbocycles. The molecular weight excluding hydrogens is 330 g/mol. The molecule has 6 nitrogen and oxygen atoms in total. The number of benzene rings is 2. The first-order chi connectivity index (χ1) is 12.6. The predicted octanol–water partition coefficient (Wildman–Crippen LogP) is 2.23. The van der Waals surface area contributed by atoms with Gasteiger partial charge < -0.3 is 5.32 Å². The van der Waals surface area contributed by atoms with Gasteiger partial charge in [0.25, 0.3) is 5.56 Å². The van der Waals surface area contributed by atoms with Gasteiger partial charge in [-0.15, -0.1) is 0 Å². The van der Waals surface area contributed by atoms with E-state index in [0.29, 0.717) is 28.2 Å². The number of anilines is 1. The number of hydrogen-bond donors (Lipinski definition) is 3. The van der Waals surface area contributed by atoms with Gasteiger partial charge in [0.15, 0.2) is 5.78 Å². The Bertz CT molecular complexity index is 1220. The van der Waals surface area contributed by atoms with Crippen LogP contribution in [0.3, 0.4) is 0 Å². The molecule has 0 fully saturated rings. The highest BCUT2D eigenvalue weighted by molar-refractivity contribution is 6.23. The van der Waals surface area contributed by atoms with Crippen molar-refractivity contribution in [2.24, 2.45) is 0 Å². The Hall–Kier alpha value is -3.67. The third-order valence-electron chi connectivity index (χ3n) is 4.89. The maximum atomic E-state index is 13.1. The Morgan fingerprint density at radius 1 is 0.769 bits per heavy atom. The number of carbonyl (C=O) groups is 1. The zero-order valence-corrected chi connectivity index (χ0v) is 13.5. The van der Waals surface area contributed by atoms with E-state index in [-0.39, 0.29) is 5.78 Å². The first-order valence-corrected chi connectivity index (χ1v) is 8.22. The van der Waals surface area contributed by atoms with Gasteiger partial charge in [-0.25, -0.2) is 4.79 Å². The second kappa shape index (κ2) is 5.16. The van der Waals surface area contributed by atoms with E-state index in [1.54, 1.807) is 6.07 Å². The predicted molar refractivity (Wildman–Crippen MR) is 97.3 cm³/mol. The molecule has 0 spiro atoms. The molecule has 3 N–H and O–H groups in total. The van der Waals surface area contributed by atoms with Crippen LogP contribution in [0.1, 0.15) is 33.0 Å². The van der Waals surface area contributed by atoms with Crippen LogP contribution in [-0.2, 0) is 0 Å². The molecule has 1 aliphatic heterocycles. The van der Waals surface area contributed by atoms with E-state index in [1.165, 1.54) is 0 Å². The molecule has 26 heavy (non-hydrogen) atoms. The van der Waals surface area contributed by atoms with Crippen molar-refractivity contribution in [1.29, 1.82) is 0 Å². The van der Waals surface area contributed by atoms with E-state index < -0.39 is 17.2 Å². The van der Waals surface area contributed by atoms with Crippen LogP contribution < -0.4 is 16.6 Å². The molecule has 2 aromatic carbocycles. The number of rotatable bonds is 1. The van der Waals surface area contributed by atoms with E-state index in [4.69, 9.17) is 0 Å². The third kappa shape index (κ3) is 1.89. The lowest BCUT2D eigenvalue weighted by molar-refractivity contribution is 0.103. The van der Waals surface area contributed by atoms with Crippen LogP contribution >= 0.6 is 0 Å². The molecule has 1 aromatic heterocycles. The molecule has 0 saturated heterocycles. The van der Waals surface area contributed by atoms with Gasteiger partial charge in [-0.05, 0) is 5.56 Å². The van der Waals surface area contributed by atoms with Gasteiger partial charge in [0.05, 0.1) is 11.3 Å². The molecular formula is C20H13N3O3. The largest absolute Gasteiger partial charge is 0.340 e. The monoisotopic (exact) mass is 343 g/mol. The fourth-order valence-corrected chi connectivity index (χ4v) is 3.83. The van der Waals surface area contributed by atoms with Crippen LogP contribution in [0.15, 0.2) is 69.8 Å². The smallest absolute Gasteiger partial charge is 0.327 e. The van der Waals surface area contributed by atoms with Crippen molar-refractivity contribution in [3.63, 3.8) is 0 Å². The molecule has 2 heterocycles. The maximum Gasteiger partial charge on any atom is 0.327 e. The van der Waals surface area contributed by atoms with E-state index in [9.17, 15) is 14.4 Å². The van der Waals surface area contributed by atoms with Crippen LogP contribution in [0.4, 0.5) is 5.82 Å². The summed E-state index contributed by atoms with van der Waals surface area (Å²) in [7, 11) is 0. The summed E-state index contributed by atoms with van der Waals surface area (Å²) in [6, 6.07) is 16.7. The summed E-state index contributed by atoms with van der Waals surface area (Å²) >= 11 is 0. The molecule has 0 unspecified atom stereocenters. The Morgan fingerprint density at radius 3 is 2.23 bits per heavy atom. The minimum absolute atomic E-state index is 0.104. The lowest BCUT2D eigenvalue weighted by Gasteiger charge is -2.27. The summed E-state index contributed by atoms with van der Waals surface area (Å²) in [5.74, 6) is -0.327. The minimum atomic E-state index is -0.588. The quantitative estimate of drug-likeness (QED) is 0.631. The van der Waals surface area contributed by atoms with Crippen molar-refractivity contribution in [2.75, 3.05) is 5.32 Å². The van der Waals surface area contributed by atoms with Crippen LogP contribution in [0.2, 0.25) is 0 Å². The van der Waals surface area contributed by atoms with Gasteiger partial charge in [0.1, 0.15) is 5.82 Å². The average Bonchev–Trinajstić information content (AvgIpc) is 2.93. The molecule has 2 aliphatic rings. The zero-order chi connectivity index (χ0) is 17.8. The number of aromatic nitrogens is 2. The summed E-state index contributed by atoms with van der Waals surface area (Å²) in [6.45, 7) is 0. The number of fused-ring (bicyclic) bond motifs is 3. The van der Waals surface area contributed by atoms with Gasteiger partial charge in [0, 0.05) is 22.6 Å². The Balaban J connectivity index is 1.86. The Labute approximate surface area is 147 Å². The number of allylic oxidation sites excluding steroid dienone is 1. The molecule has 0 amide bonds. The van der Waals surface area contributed by atoms with Crippen molar-refractivity contribution >= 4 is 17.3 Å². The van der Waals surface area contributed by atoms with E-state index in [2.05, 4.69) is 15.3 Å². The Morgan fingerprint density at radius 2 is 1.46 bits per heavy atom. The van der Waals surface area contributed by atoms with Gasteiger partial charge in [-0.1, -0.05) is 54.6 Å². The van der Waals surface area contributed by atoms with Crippen molar-refractivity contribution in [3.05, 3.63) is 103 Å². The van der Waals surface area contributed by atoms with E-state index >= 15 is 0 Å². The van der Waals surface area contributed by atoms with Crippen LogP contribution in [0.5, 0.6) is 0 Å². The number of H-pyrrole nitrogens is 2. The summed E-state index contributed by atoms with van der Waals surface area (Å²) in [4.78, 5) is 42.4. The number of nitrogens with one attached hydrogen (secondary N) is 3. The van der Waals surface area contributed by atoms with E-state index in [1.807, 2.05) is 48.5 Å². The molecule has 0 bridgehead atoms. The normalized spacial score (nSPS) is 17.4. The van der Waals surface area contributed by atoms with Crippen molar-refractivity contribution in [3.8, 4) is 0 Å². The number of Topliss-reactive ketones (excluding diaryl/α,β-unsaturated/α-hetero) is 1. The third-order valence-corrected chi connectivity index (χ3v) is 4.89. The number of aromatic amines is 2. The lowest BCUT2D eigenvalue weighted by atomic mass is 9.82. The summed E-state index contributed by atoms with van der Waals surface area (Å²) < 4.78 is 0. The standard InChI is InChI=1S/C20H13N3O3/c24-17-12-9-5-4-8-11(12)16-14(17)13(10-6-2-1-3-7-10)15-18(21-16)22-20(26)23-19(15)25/h1-9,13H,(H3,21,22,23,25,26)/t13-/m1/s1. The van der Waals surface area contributed by atoms with Gasteiger partial charge in [0.2, 0.25) is 0 Å². The first-order valence-electron chi connectivity index (χ1n) is 8.22. The van der Waals surface area contributed by atoms with E-state index in [0.717, 1.165) is 11.1 Å². The van der Waals surface area contributed by atoms with Crippen molar-refractivity contribution in [1.82, 2.24) is 9.97 Å². The number of hydrogen-bond acceptors (Lipinski definition) is 4. The highest BCUT2D eigenvalue weighted by atomic mass is 16.2. The fraction of sp³-hybridized carbons (Fsp3) is 0.0500. The molecule has 3 aromatic rings. The van der Waals surface area contributed by atoms with Crippen LogP contribution in [0, 0.1) is 0 Å². The molecule has 1 aliphatic carbocycles. The van der Waals surface area contributed by atoms with Crippen LogP contribution in [0.25, 0.3) is 5.70 Å². The molecule has 126 valence electrons. The van der Waals surface area contributed by atoms with Gasteiger partial charge in [-0.3, -0.25) is 19.6 Å². The summed E-state index contributed by atoms with van der Waals surface area (Å²) in [5, 5.41) is 3.11. The Kier molecular flexibility index (Phi) is 2.91. The molecule has 5 rings (SSSR count).